The molecule has 2 rings (SSSR count). The Bertz CT molecular complexity index is 519. The molecule has 1 aromatic carbocycles. The molecule has 17 heavy (non-hydrogen) atoms. The van der Waals surface area contributed by atoms with Crippen LogP contribution in [0.3, 0.4) is 0 Å². The molecule has 5 heteroatoms. The topological polar surface area (TPSA) is 24.9 Å². The van der Waals surface area contributed by atoms with Crippen LogP contribution in [0.25, 0.3) is 10.6 Å². The number of aryl methyl sites for hydroxylation is 1. The smallest absolute Gasteiger partial charge is 0.134 e. The summed E-state index contributed by atoms with van der Waals surface area (Å²) < 4.78 is 13.7. The lowest BCUT2D eigenvalue weighted by Crippen LogP contribution is -2.04. The molecule has 0 amide bonds. The molecule has 0 spiro atoms. The molecule has 0 unspecified atom stereocenters. The lowest BCUT2D eigenvalue weighted by Gasteiger charge is -2.01. The quantitative estimate of drug-likeness (QED) is 0.921. The zero-order chi connectivity index (χ0) is 12.4. The molecular weight excluding hydrogens is 259 g/mol. The van der Waals surface area contributed by atoms with E-state index >= 15 is 0 Å². The molecule has 0 aliphatic rings. The first-order valence-corrected chi connectivity index (χ1v) is 6.38. The van der Waals surface area contributed by atoms with Gasteiger partial charge in [-0.2, -0.15) is 0 Å². The van der Waals surface area contributed by atoms with E-state index in [9.17, 15) is 4.39 Å². The Balaban J connectivity index is 2.50. The van der Waals surface area contributed by atoms with Gasteiger partial charge in [0.15, 0.2) is 0 Å². The van der Waals surface area contributed by atoms with Gasteiger partial charge in [-0.1, -0.05) is 17.7 Å². The zero-order valence-corrected chi connectivity index (χ0v) is 11.1. The Hall–Kier alpha value is -0.970. The molecule has 0 radical (unpaired) electrons. The van der Waals surface area contributed by atoms with E-state index in [0.29, 0.717) is 15.6 Å². The molecule has 1 N–H and O–H groups in total. The lowest BCUT2D eigenvalue weighted by molar-refractivity contribution is 0.631. The van der Waals surface area contributed by atoms with Crippen molar-refractivity contribution in [2.75, 3.05) is 7.05 Å². The van der Waals surface area contributed by atoms with Crippen molar-refractivity contribution in [3.8, 4) is 10.6 Å². The molecule has 1 heterocycles. The van der Waals surface area contributed by atoms with Crippen molar-refractivity contribution in [3.05, 3.63) is 39.6 Å². The van der Waals surface area contributed by atoms with Crippen LogP contribution >= 0.6 is 22.9 Å². The third-order valence-corrected chi connectivity index (χ3v) is 3.90. The first-order valence-electron chi connectivity index (χ1n) is 5.18. The number of benzene rings is 1. The summed E-state index contributed by atoms with van der Waals surface area (Å²) in [5.41, 5.74) is 1.31. The number of nitrogens with one attached hydrogen (secondary N) is 1. The highest BCUT2D eigenvalue weighted by atomic mass is 35.5. The molecule has 0 aliphatic carbocycles. The van der Waals surface area contributed by atoms with E-state index in [1.54, 1.807) is 12.1 Å². The number of halogens is 2. The number of hydrogen-bond donors (Lipinski definition) is 1. The summed E-state index contributed by atoms with van der Waals surface area (Å²) in [6.07, 6.45) is 0. The van der Waals surface area contributed by atoms with Gasteiger partial charge >= 0.3 is 0 Å². The van der Waals surface area contributed by atoms with Gasteiger partial charge in [-0.15, -0.1) is 11.3 Å². The Morgan fingerprint density at radius 2 is 2.24 bits per heavy atom. The van der Waals surface area contributed by atoms with Crippen molar-refractivity contribution in [1.82, 2.24) is 10.3 Å². The van der Waals surface area contributed by atoms with Crippen molar-refractivity contribution in [2.45, 2.75) is 13.5 Å². The minimum atomic E-state index is -0.331. The highest BCUT2D eigenvalue weighted by Crippen LogP contribution is 2.34. The van der Waals surface area contributed by atoms with Crippen molar-refractivity contribution < 1.29 is 4.39 Å². The van der Waals surface area contributed by atoms with E-state index in [1.165, 1.54) is 17.4 Å². The van der Waals surface area contributed by atoms with Crippen LogP contribution in [-0.4, -0.2) is 12.0 Å². The van der Waals surface area contributed by atoms with E-state index in [-0.39, 0.29) is 5.82 Å². The Kier molecular flexibility index (Phi) is 3.76. The summed E-state index contributed by atoms with van der Waals surface area (Å²) in [7, 11) is 1.87. The number of hydrogen-bond acceptors (Lipinski definition) is 3. The number of nitrogens with zero attached hydrogens (tertiary/aromatic N) is 1. The maximum Gasteiger partial charge on any atom is 0.134 e. The maximum atomic E-state index is 13.7. The van der Waals surface area contributed by atoms with Gasteiger partial charge in [-0.05, 0) is 26.1 Å². The molecule has 0 atom stereocenters. The predicted octanol–water partition coefficient (Wildman–Crippen LogP) is 3.63. The van der Waals surface area contributed by atoms with Crippen LogP contribution in [0.1, 0.15) is 10.6 Å². The normalized spacial score (nSPS) is 10.8. The van der Waals surface area contributed by atoms with Gasteiger partial charge in [-0.25, -0.2) is 9.37 Å². The van der Waals surface area contributed by atoms with Gasteiger partial charge in [0.1, 0.15) is 10.8 Å². The van der Waals surface area contributed by atoms with Gasteiger partial charge in [-0.3, -0.25) is 0 Å². The van der Waals surface area contributed by atoms with Crippen molar-refractivity contribution >= 4 is 22.9 Å². The fraction of sp³-hybridized carbons (Fsp3) is 0.250. The Morgan fingerprint density at radius 3 is 2.88 bits per heavy atom. The lowest BCUT2D eigenvalue weighted by atomic mass is 10.2. The standard InChI is InChI=1S/C12H12ClFN2S/c1-7-10(6-15-2)17-12(16-7)11-8(13)4-3-5-9(11)14/h3-5,15H,6H2,1-2H3. The van der Waals surface area contributed by atoms with Crippen molar-refractivity contribution in [2.24, 2.45) is 0 Å². The van der Waals surface area contributed by atoms with Crippen molar-refractivity contribution in [1.29, 1.82) is 0 Å². The fourth-order valence-electron chi connectivity index (χ4n) is 1.56. The van der Waals surface area contributed by atoms with Crippen molar-refractivity contribution in [3.63, 3.8) is 0 Å². The van der Waals surface area contributed by atoms with Crippen LogP contribution in [0.15, 0.2) is 18.2 Å². The third-order valence-electron chi connectivity index (χ3n) is 2.41. The average molecular weight is 271 g/mol. The molecule has 0 saturated heterocycles. The van der Waals surface area contributed by atoms with E-state index in [4.69, 9.17) is 11.6 Å². The average Bonchev–Trinajstić information content (AvgIpc) is 2.60. The third kappa shape index (κ3) is 2.49. The summed E-state index contributed by atoms with van der Waals surface area (Å²) in [5, 5.41) is 4.10. The van der Waals surface area contributed by atoms with E-state index in [0.717, 1.165) is 17.1 Å². The van der Waals surface area contributed by atoms with Gasteiger partial charge in [0.05, 0.1) is 16.3 Å². The van der Waals surface area contributed by atoms with Crippen LogP contribution in [0.5, 0.6) is 0 Å². The maximum absolute atomic E-state index is 13.7. The second-order valence-corrected chi connectivity index (χ2v) is 5.15. The number of rotatable bonds is 3. The molecule has 1 aromatic heterocycles. The van der Waals surface area contributed by atoms with Gasteiger partial charge in [0.2, 0.25) is 0 Å². The zero-order valence-electron chi connectivity index (χ0n) is 9.55. The minimum Gasteiger partial charge on any atom is -0.315 e. The molecule has 0 aliphatic heterocycles. The summed E-state index contributed by atoms with van der Waals surface area (Å²) in [4.78, 5) is 5.47. The SMILES string of the molecule is CNCc1sc(-c2c(F)cccc2Cl)nc1C. The first-order chi connectivity index (χ1) is 8.13. The molecule has 2 aromatic rings. The summed E-state index contributed by atoms with van der Waals surface area (Å²) in [5.74, 6) is -0.331. The summed E-state index contributed by atoms with van der Waals surface area (Å²) in [6, 6.07) is 4.67. The highest BCUT2D eigenvalue weighted by Gasteiger charge is 2.15. The molecule has 0 saturated carbocycles. The molecule has 90 valence electrons. The van der Waals surface area contributed by atoms with Crippen LogP contribution in [0, 0.1) is 12.7 Å². The largest absolute Gasteiger partial charge is 0.315 e. The van der Waals surface area contributed by atoms with E-state index in [1.807, 2.05) is 14.0 Å². The Morgan fingerprint density at radius 1 is 1.47 bits per heavy atom. The van der Waals surface area contributed by atoms with Crippen LogP contribution in [0.4, 0.5) is 4.39 Å². The highest BCUT2D eigenvalue weighted by molar-refractivity contribution is 7.15. The first kappa shape index (κ1) is 12.5. The van der Waals surface area contributed by atoms with Crippen LogP contribution < -0.4 is 5.32 Å². The molecule has 0 fully saturated rings. The van der Waals surface area contributed by atoms with E-state index < -0.39 is 0 Å². The fourth-order valence-corrected chi connectivity index (χ4v) is 3.01. The molecule has 0 bridgehead atoms. The van der Waals surface area contributed by atoms with Crippen LogP contribution in [-0.2, 0) is 6.54 Å². The van der Waals surface area contributed by atoms with Crippen LogP contribution in [0.2, 0.25) is 5.02 Å². The summed E-state index contributed by atoms with van der Waals surface area (Å²) >= 11 is 7.48. The Labute approximate surface area is 108 Å². The second-order valence-electron chi connectivity index (χ2n) is 3.65. The molecular formula is C12H12ClFN2S. The predicted molar refractivity (Wildman–Crippen MR) is 70.0 cm³/mol. The van der Waals surface area contributed by atoms with Gasteiger partial charge < -0.3 is 5.32 Å². The summed E-state index contributed by atoms with van der Waals surface area (Å²) in [6.45, 7) is 2.65. The van der Waals surface area contributed by atoms with Gasteiger partial charge in [0.25, 0.3) is 0 Å². The minimum absolute atomic E-state index is 0.331. The number of aromatic nitrogens is 1. The monoisotopic (exact) mass is 270 g/mol. The molecule has 2 nitrogen and oxygen atoms in total. The second kappa shape index (κ2) is 5.12. The van der Waals surface area contributed by atoms with E-state index in [2.05, 4.69) is 10.3 Å². The van der Waals surface area contributed by atoms with Gasteiger partial charge in [0, 0.05) is 11.4 Å². The number of thiazole rings is 1.